The van der Waals surface area contributed by atoms with Crippen molar-refractivity contribution in [3.05, 3.63) is 59.7 Å². The van der Waals surface area contributed by atoms with E-state index in [1.165, 1.54) is 0 Å². The zero-order chi connectivity index (χ0) is 23.4. The quantitative estimate of drug-likeness (QED) is 0.698. The van der Waals surface area contributed by atoms with Crippen molar-refractivity contribution in [2.45, 2.75) is 25.3 Å². The van der Waals surface area contributed by atoms with E-state index in [1.54, 1.807) is 4.90 Å². The van der Waals surface area contributed by atoms with Gasteiger partial charge in [-0.05, 0) is 28.2 Å². The van der Waals surface area contributed by atoms with Gasteiger partial charge in [0.2, 0.25) is 5.91 Å². The average molecular weight is 453 g/mol. The van der Waals surface area contributed by atoms with Crippen LogP contribution < -0.4 is 5.32 Å². The molecular weight excluding hydrogens is 424 g/mol. The summed E-state index contributed by atoms with van der Waals surface area (Å²) >= 11 is 0. The number of hydrogen-bond donors (Lipinski definition) is 2. The van der Waals surface area contributed by atoms with Crippen LogP contribution in [0.25, 0.3) is 11.1 Å². The lowest BCUT2D eigenvalue weighted by molar-refractivity contribution is -0.142. The zero-order valence-electron chi connectivity index (χ0n) is 18.5. The van der Waals surface area contributed by atoms with E-state index in [0.717, 1.165) is 22.3 Å². The fraction of sp³-hybridized carbons (Fsp3) is 0.400. The molecule has 2 aliphatic rings. The van der Waals surface area contributed by atoms with Gasteiger partial charge in [0.05, 0.1) is 19.6 Å². The normalized spacial score (nSPS) is 18.6. The van der Waals surface area contributed by atoms with Gasteiger partial charge in [0.25, 0.3) is 0 Å². The summed E-state index contributed by atoms with van der Waals surface area (Å²) in [5.74, 6) is -1.62. The van der Waals surface area contributed by atoms with Crippen molar-refractivity contribution in [2.75, 3.05) is 32.9 Å². The van der Waals surface area contributed by atoms with Crippen LogP contribution in [-0.2, 0) is 19.1 Å². The molecule has 1 fully saturated rings. The van der Waals surface area contributed by atoms with Gasteiger partial charge in [0.15, 0.2) is 0 Å². The number of fused-ring (bicyclic) bond motifs is 3. The van der Waals surface area contributed by atoms with E-state index in [4.69, 9.17) is 9.47 Å². The predicted octanol–water partition coefficient (Wildman–Crippen LogP) is 2.86. The molecule has 8 heteroatoms. The molecular formula is C25H28N2O6. The molecule has 0 saturated carbocycles. The number of amides is 2. The van der Waals surface area contributed by atoms with Gasteiger partial charge < -0.3 is 24.8 Å². The zero-order valence-corrected chi connectivity index (χ0v) is 18.5. The molecule has 2 aromatic rings. The monoisotopic (exact) mass is 452 g/mol. The maximum atomic E-state index is 13.0. The van der Waals surface area contributed by atoms with Gasteiger partial charge in [0, 0.05) is 19.0 Å². The molecule has 2 atom stereocenters. The molecule has 8 nitrogen and oxygen atoms in total. The second-order valence-corrected chi connectivity index (χ2v) is 8.58. The Balaban J connectivity index is 1.43. The van der Waals surface area contributed by atoms with Gasteiger partial charge in [0.1, 0.15) is 12.6 Å². The van der Waals surface area contributed by atoms with Crippen LogP contribution in [0.5, 0.6) is 0 Å². The summed E-state index contributed by atoms with van der Waals surface area (Å²) in [5, 5.41) is 11.8. The minimum Gasteiger partial charge on any atom is -0.481 e. The van der Waals surface area contributed by atoms with Crippen molar-refractivity contribution >= 4 is 18.0 Å². The van der Waals surface area contributed by atoms with E-state index in [2.05, 4.69) is 5.32 Å². The molecule has 1 saturated heterocycles. The van der Waals surface area contributed by atoms with Gasteiger partial charge >= 0.3 is 12.1 Å². The molecule has 1 aliphatic heterocycles. The molecule has 0 radical (unpaired) electrons. The van der Waals surface area contributed by atoms with Gasteiger partial charge in [-0.1, -0.05) is 55.5 Å². The van der Waals surface area contributed by atoms with Gasteiger partial charge in [-0.25, -0.2) is 4.79 Å². The maximum absolute atomic E-state index is 13.0. The van der Waals surface area contributed by atoms with Crippen LogP contribution in [0.2, 0.25) is 0 Å². The van der Waals surface area contributed by atoms with E-state index in [-0.39, 0.29) is 18.4 Å². The van der Waals surface area contributed by atoms with Crippen molar-refractivity contribution in [2.24, 2.45) is 5.92 Å². The third-order valence-corrected chi connectivity index (χ3v) is 6.06. The highest BCUT2D eigenvalue weighted by molar-refractivity contribution is 5.89. The summed E-state index contributed by atoms with van der Waals surface area (Å²) in [5.41, 5.74) is 4.36. The summed E-state index contributed by atoms with van der Waals surface area (Å²) in [6.45, 7) is 3.75. The van der Waals surface area contributed by atoms with Gasteiger partial charge in [-0.15, -0.1) is 0 Å². The molecule has 2 amide bonds. The van der Waals surface area contributed by atoms with Crippen molar-refractivity contribution in [1.29, 1.82) is 0 Å². The molecule has 0 bridgehead atoms. The second kappa shape index (κ2) is 10.0. The molecule has 2 unspecified atom stereocenters. The lowest BCUT2D eigenvalue weighted by Crippen LogP contribution is -2.51. The molecule has 1 heterocycles. The van der Waals surface area contributed by atoms with Crippen LogP contribution in [0.15, 0.2) is 48.5 Å². The predicted molar refractivity (Wildman–Crippen MR) is 121 cm³/mol. The minimum atomic E-state index is -1.21. The van der Waals surface area contributed by atoms with E-state index in [0.29, 0.717) is 26.3 Å². The van der Waals surface area contributed by atoms with Crippen molar-refractivity contribution < 1.29 is 29.0 Å². The first-order valence-electron chi connectivity index (χ1n) is 11.1. The number of carboxylic acid groups (broad SMARTS) is 1. The molecule has 2 N–H and O–H groups in total. The Morgan fingerprint density at radius 1 is 1.12 bits per heavy atom. The van der Waals surface area contributed by atoms with Crippen LogP contribution >= 0.6 is 0 Å². The standard InChI is InChI=1S/C25H28N2O6/c1-16-13-27(10-11-32-14-16)24(30)22(12-23(28)29)26-25(31)33-15-21-19-8-4-2-6-17(19)18-7-3-5-9-20(18)21/h2-9,16,21-22H,10-15H2,1H3,(H,26,31)(H,28,29). The van der Waals surface area contributed by atoms with Crippen LogP contribution in [0.3, 0.4) is 0 Å². The molecule has 2 aromatic carbocycles. The highest BCUT2D eigenvalue weighted by Crippen LogP contribution is 2.44. The first-order chi connectivity index (χ1) is 15.9. The number of alkyl carbamates (subject to hydrolysis) is 1. The molecule has 0 aromatic heterocycles. The Labute approximate surface area is 192 Å². The van der Waals surface area contributed by atoms with Crippen LogP contribution in [0, 0.1) is 5.92 Å². The number of carbonyl (C=O) groups is 3. The van der Waals surface area contributed by atoms with Crippen LogP contribution in [0.4, 0.5) is 4.79 Å². The van der Waals surface area contributed by atoms with E-state index in [9.17, 15) is 19.5 Å². The topological polar surface area (TPSA) is 105 Å². The van der Waals surface area contributed by atoms with Crippen LogP contribution in [-0.4, -0.2) is 66.9 Å². The number of carboxylic acids is 1. The summed E-state index contributed by atoms with van der Waals surface area (Å²) in [6.07, 6.45) is -1.33. The third kappa shape index (κ3) is 5.17. The summed E-state index contributed by atoms with van der Waals surface area (Å²) in [6, 6.07) is 14.8. The average Bonchev–Trinajstić information content (AvgIpc) is 2.95. The Hall–Kier alpha value is -3.39. The molecule has 1 aliphatic carbocycles. The number of aliphatic carboxylic acids is 1. The molecule has 33 heavy (non-hydrogen) atoms. The number of carbonyl (C=O) groups excluding carboxylic acids is 2. The lowest BCUT2D eigenvalue weighted by atomic mass is 9.98. The largest absolute Gasteiger partial charge is 0.481 e. The second-order valence-electron chi connectivity index (χ2n) is 8.58. The number of benzene rings is 2. The molecule has 0 spiro atoms. The number of nitrogens with one attached hydrogen (secondary N) is 1. The highest BCUT2D eigenvalue weighted by Gasteiger charge is 2.32. The highest BCUT2D eigenvalue weighted by atomic mass is 16.5. The first-order valence-corrected chi connectivity index (χ1v) is 11.1. The van der Waals surface area contributed by atoms with Crippen molar-refractivity contribution in [3.63, 3.8) is 0 Å². The third-order valence-electron chi connectivity index (χ3n) is 6.06. The fourth-order valence-electron chi connectivity index (χ4n) is 4.56. The summed E-state index contributed by atoms with van der Waals surface area (Å²) in [4.78, 5) is 38.5. The number of ether oxygens (including phenoxy) is 2. The van der Waals surface area contributed by atoms with Gasteiger partial charge in [-0.3, -0.25) is 9.59 Å². The molecule has 4 rings (SSSR count). The Morgan fingerprint density at radius 2 is 1.76 bits per heavy atom. The van der Waals surface area contributed by atoms with E-state index >= 15 is 0 Å². The fourth-order valence-corrected chi connectivity index (χ4v) is 4.56. The SMILES string of the molecule is CC1COCCN(C(=O)C(CC(=O)O)NC(=O)OCC2c3ccccc3-c3ccccc32)C1. The first kappa shape index (κ1) is 22.8. The summed E-state index contributed by atoms with van der Waals surface area (Å²) < 4.78 is 11.0. The van der Waals surface area contributed by atoms with Crippen molar-refractivity contribution in [3.8, 4) is 11.1 Å². The summed E-state index contributed by atoms with van der Waals surface area (Å²) in [7, 11) is 0. The van der Waals surface area contributed by atoms with E-state index < -0.39 is 30.4 Å². The maximum Gasteiger partial charge on any atom is 0.407 e. The Morgan fingerprint density at radius 3 is 2.39 bits per heavy atom. The number of rotatable bonds is 6. The smallest absolute Gasteiger partial charge is 0.407 e. The minimum absolute atomic E-state index is 0.0857. The van der Waals surface area contributed by atoms with E-state index in [1.807, 2.05) is 55.5 Å². The van der Waals surface area contributed by atoms with Gasteiger partial charge in [-0.2, -0.15) is 0 Å². The Kier molecular flexibility index (Phi) is 6.93. The number of nitrogens with zero attached hydrogens (tertiary/aromatic N) is 1. The Bertz CT molecular complexity index is 994. The van der Waals surface area contributed by atoms with Crippen LogP contribution in [0.1, 0.15) is 30.4 Å². The molecule has 174 valence electrons. The van der Waals surface area contributed by atoms with Crippen molar-refractivity contribution in [1.82, 2.24) is 10.2 Å². The number of hydrogen-bond acceptors (Lipinski definition) is 5. The lowest BCUT2D eigenvalue weighted by Gasteiger charge is -2.27.